The first-order chi connectivity index (χ1) is 11.7. The minimum atomic E-state index is 0. The van der Waals surface area contributed by atoms with Crippen molar-refractivity contribution in [1.29, 1.82) is 5.41 Å². The van der Waals surface area contributed by atoms with E-state index < -0.39 is 0 Å². The Morgan fingerprint density at radius 2 is 1.44 bits per heavy atom. The van der Waals surface area contributed by atoms with Crippen LogP contribution in [-0.2, 0) is 0 Å². The molecule has 0 spiro atoms. The van der Waals surface area contributed by atoms with Crippen molar-refractivity contribution in [2.24, 2.45) is 0 Å². The number of rotatable bonds is 2. The molecule has 0 atom stereocenters. The summed E-state index contributed by atoms with van der Waals surface area (Å²) in [4.78, 5) is 4.82. The van der Waals surface area contributed by atoms with Crippen molar-refractivity contribution in [2.45, 2.75) is 0 Å². The summed E-state index contributed by atoms with van der Waals surface area (Å²) in [7, 11) is 0. The summed E-state index contributed by atoms with van der Waals surface area (Å²) in [6.45, 7) is 0. The van der Waals surface area contributed by atoms with E-state index in [1.54, 1.807) is 0 Å². The quantitative estimate of drug-likeness (QED) is 0.534. The van der Waals surface area contributed by atoms with Gasteiger partial charge in [0.25, 0.3) is 0 Å². The Labute approximate surface area is 151 Å². The minimum absolute atomic E-state index is 0. The Balaban J connectivity index is 0.00000182. The first-order valence-electron chi connectivity index (χ1n) is 7.72. The fourth-order valence-corrected chi connectivity index (χ4v) is 2.82. The molecule has 4 aromatic rings. The molecule has 0 amide bonds. The molecule has 124 valence electrons. The highest BCUT2D eigenvalue weighted by molar-refractivity contribution is 5.85. The maximum absolute atomic E-state index is 8.71. The van der Waals surface area contributed by atoms with Gasteiger partial charge in [-0.3, -0.25) is 9.98 Å². The summed E-state index contributed by atoms with van der Waals surface area (Å²) >= 11 is 0. The molecule has 0 bridgehead atoms. The Morgan fingerprint density at radius 1 is 0.800 bits per heavy atom. The summed E-state index contributed by atoms with van der Waals surface area (Å²) in [5, 5.41) is 9.53. The summed E-state index contributed by atoms with van der Waals surface area (Å²) in [6, 6.07) is 25.2. The van der Waals surface area contributed by atoms with Crippen molar-refractivity contribution < 1.29 is 0 Å². The van der Waals surface area contributed by atoms with Gasteiger partial charge >= 0.3 is 0 Å². The number of para-hydroxylation sites is 1. The van der Waals surface area contributed by atoms with Crippen LogP contribution in [0.2, 0.25) is 0 Å². The molecule has 0 radical (unpaired) electrons. The van der Waals surface area contributed by atoms with Crippen molar-refractivity contribution in [1.82, 2.24) is 9.55 Å². The van der Waals surface area contributed by atoms with Gasteiger partial charge in [-0.25, -0.2) is 4.98 Å². The van der Waals surface area contributed by atoms with Gasteiger partial charge in [-0.05, 0) is 36.4 Å². The first kappa shape index (κ1) is 16.7. The number of nitrogen functional groups attached to an aromatic ring is 1. The molecule has 4 rings (SSSR count). The molecule has 3 N–H and O–H groups in total. The molecule has 0 unspecified atom stereocenters. The van der Waals surface area contributed by atoms with Gasteiger partial charge in [0.15, 0.2) is 0 Å². The lowest BCUT2D eigenvalue weighted by molar-refractivity contribution is 0.922. The number of anilines is 1. The second-order valence-electron chi connectivity index (χ2n) is 5.59. The zero-order valence-corrected chi connectivity index (χ0v) is 14.2. The first-order valence-corrected chi connectivity index (χ1v) is 7.72. The van der Waals surface area contributed by atoms with Gasteiger partial charge in [0.05, 0.1) is 5.52 Å². The van der Waals surface area contributed by atoms with Gasteiger partial charge in [0.1, 0.15) is 11.3 Å². The van der Waals surface area contributed by atoms with E-state index in [2.05, 4.69) is 0 Å². The van der Waals surface area contributed by atoms with Crippen LogP contribution in [-0.4, -0.2) is 9.55 Å². The van der Waals surface area contributed by atoms with Crippen molar-refractivity contribution in [2.75, 3.05) is 5.73 Å². The maximum Gasteiger partial charge on any atom is 0.146 e. The van der Waals surface area contributed by atoms with Crippen LogP contribution in [0.3, 0.4) is 0 Å². The predicted molar refractivity (Wildman–Crippen MR) is 104 cm³/mol. The lowest BCUT2D eigenvalue weighted by Gasteiger charge is -2.15. The van der Waals surface area contributed by atoms with Crippen molar-refractivity contribution in [3.05, 3.63) is 84.4 Å². The van der Waals surface area contributed by atoms with E-state index in [4.69, 9.17) is 16.1 Å². The van der Waals surface area contributed by atoms with Crippen LogP contribution in [0.25, 0.3) is 28.0 Å². The van der Waals surface area contributed by atoms with E-state index in [1.165, 1.54) is 0 Å². The van der Waals surface area contributed by atoms with Crippen LogP contribution in [0.5, 0.6) is 0 Å². The molecule has 0 aliphatic carbocycles. The number of hydrogen-bond acceptors (Lipinski definition) is 3. The summed E-state index contributed by atoms with van der Waals surface area (Å²) < 4.78 is 1.86. The number of nitrogens with two attached hydrogens (primary N) is 1. The van der Waals surface area contributed by atoms with Crippen LogP contribution < -0.4 is 11.2 Å². The molecule has 0 fully saturated rings. The average Bonchev–Trinajstić information content (AvgIpc) is 2.63. The molecule has 1 aromatic heterocycles. The van der Waals surface area contributed by atoms with E-state index >= 15 is 0 Å². The van der Waals surface area contributed by atoms with Crippen molar-refractivity contribution in [3.63, 3.8) is 0 Å². The molecule has 0 aliphatic heterocycles. The molecule has 3 aromatic carbocycles. The van der Waals surface area contributed by atoms with E-state index in [1.807, 2.05) is 83.4 Å². The van der Waals surface area contributed by atoms with E-state index in [0.29, 0.717) is 11.2 Å². The number of nitrogens with one attached hydrogen (secondary N) is 1. The van der Waals surface area contributed by atoms with Gasteiger partial charge in [0.2, 0.25) is 0 Å². The largest absolute Gasteiger partial charge is 0.399 e. The predicted octanol–water partition coefficient (Wildman–Crippen LogP) is 4.18. The second-order valence-corrected chi connectivity index (χ2v) is 5.59. The van der Waals surface area contributed by atoms with Gasteiger partial charge in [-0.1, -0.05) is 42.5 Å². The fourth-order valence-electron chi connectivity index (χ4n) is 2.82. The molecule has 1 heterocycles. The maximum atomic E-state index is 8.71. The summed E-state index contributed by atoms with van der Waals surface area (Å²) in [6.07, 6.45) is 0. The molecule has 0 aliphatic rings. The Morgan fingerprint density at radius 3 is 2.16 bits per heavy atom. The Bertz CT molecular complexity index is 1070. The smallest absolute Gasteiger partial charge is 0.146 e. The lowest BCUT2D eigenvalue weighted by atomic mass is 10.1. The molecule has 4 nitrogen and oxygen atoms in total. The van der Waals surface area contributed by atoms with E-state index in [-0.39, 0.29) is 12.4 Å². The number of fused-ring (bicyclic) bond motifs is 1. The standard InChI is InChI=1S/C20H16N4.ClH/c21-15-10-12-16(13-11-15)24-19(22)17-8-4-5-9-18(17)23-20(24)14-6-2-1-3-7-14;/h1-13,22H,21H2;1H. The molecule has 5 heteroatoms. The highest BCUT2D eigenvalue weighted by Gasteiger charge is 2.12. The average molecular weight is 349 g/mol. The SMILES string of the molecule is Cl.N=c1c2ccccc2nc(-c2ccccc2)n1-c1ccc(N)cc1. The molecule has 0 saturated carbocycles. The van der Waals surface area contributed by atoms with Crippen LogP contribution in [0.4, 0.5) is 5.69 Å². The lowest BCUT2D eigenvalue weighted by Crippen LogP contribution is -2.22. The minimum Gasteiger partial charge on any atom is -0.399 e. The molecule has 0 saturated heterocycles. The van der Waals surface area contributed by atoms with Gasteiger partial charge in [-0.15, -0.1) is 12.4 Å². The number of nitrogens with zero attached hydrogens (tertiary/aromatic N) is 2. The van der Waals surface area contributed by atoms with E-state index in [9.17, 15) is 0 Å². The Hall–Kier alpha value is -3.11. The third-order valence-electron chi connectivity index (χ3n) is 4.00. The fraction of sp³-hybridized carbons (Fsp3) is 0. The number of benzene rings is 3. The second kappa shape index (κ2) is 6.79. The van der Waals surface area contributed by atoms with Crippen LogP contribution in [0, 0.1) is 5.41 Å². The highest BCUT2D eigenvalue weighted by Crippen LogP contribution is 2.22. The topological polar surface area (TPSA) is 67.7 Å². The van der Waals surface area contributed by atoms with E-state index in [0.717, 1.165) is 28.0 Å². The third-order valence-corrected chi connectivity index (χ3v) is 4.00. The van der Waals surface area contributed by atoms with Gasteiger partial charge in [-0.2, -0.15) is 0 Å². The summed E-state index contributed by atoms with van der Waals surface area (Å²) in [5.41, 5.74) is 9.56. The van der Waals surface area contributed by atoms with Crippen molar-refractivity contribution in [3.8, 4) is 17.1 Å². The highest BCUT2D eigenvalue weighted by atomic mass is 35.5. The zero-order valence-electron chi connectivity index (χ0n) is 13.4. The normalized spacial score (nSPS) is 10.4. The van der Waals surface area contributed by atoms with Crippen molar-refractivity contribution >= 4 is 29.0 Å². The monoisotopic (exact) mass is 348 g/mol. The van der Waals surface area contributed by atoms with Gasteiger partial charge < -0.3 is 5.73 Å². The van der Waals surface area contributed by atoms with Crippen LogP contribution in [0.1, 0.15) is 0 Å². The number of hydrogen-bond donors (Lipinski definition) is 2. The van der Waals surface area contributed by atoms with Gasteiger partial charge in [0, 0.05) is 22.3 Å². The molecule has 25 heavy (non-hydrogen) atoms. The molecular formula is C20H17ClN4. The third kappa shape index (κ3) is 2.99. The van der Waals surface area contributed by atoms with Crippen LogP contribution >= 0.6 is 12.4 Å². The number of halogens is 1. The molecular weight excluding hydrogens is 332 g/mol. The van der Waals surface area contributed by atoms with Crippen LogP contribution in [0.15, 0.2) is 78.9 Å². The Kier molecular flexibility index (Phi) is 4.55. The number of aromatic nitrogens is 2. The summed E-state index contributed by atoms with van der Waals surface area (Å²) in [5.74, 6) is 0.740. The zero-order chi connectivity index (χ0) is 16.5.